The molecule has 0 saturated carbocycles. The molecule has 1 heterocycles. The molecule has 0 spiro atoms. The maximum atomic E-state index is 5.77. The zero-order valence-electron chi connectivity index (χ0n) is 7.29. The third-order valence-electron chi connectivity index (χ3n) is 2.71. The number of hydrogen-bond acceptors (Lipinski definition) is 2. The molecule has 0 aromatic carbocycles. The molecule has 0 bridgehead atoms. The van der Waals surface area contributed by atoms with Crippen molar-refractivity contribution in [3.63, 3.8) is 0 Å². The van der Waals surface area contributed by atoms with Crippen LogP contribution in [0, 0.1) is 5.92 Å². The van der Waals surface area contributed by atoms with Crippen LogP contribution >= 0.6 is 11.8 Å². The van der Waals surface area contributed by atoms with Gasteiger partial charge in [-0.1, -0.05) is 23.9 Å². The standard InChI is InChI=1S/C11H11NS/c12-7-5-9-8-3-1-2-4-10(8)13-11(9)6-7/h1,3,5-6,9H,2,4,12H2. The van der Waals surface area contributed by atoms with E-state index in [9.17, 15) is 0 Å². The zero-order chi connectivity index (χ0) is 8.84. The summed E-state index contributed by atoms with van der Waals surface area (Å²) in [5.74, 6) is 0.497. The normalized spacial score (nSPS) is 30.0. The largest absolute Gasteiger partial charge is 0.399 e. The van der Waals surface area contributed by atoms with Crippen molar-refractivity contribution >= 4 is 11.8 Å². The van der Waals surface area contributed by atoms with Gasteiger partial charge in [-0.15, -0.1) is 0 Å². The van der Waals surface area contributed by atoms with E-state index < -0.39 is 0 Å². The summed E-state index contributed by atoms with van der Waals surface area (Å²) in [7, 11) is 0. The van der Waals surface area contributed by atoms with Crippen LogP contribution in [-0.4, -0.2) is 0 Å². The highest BCUT2D eigenvalue weighted by atomic mass is 32.2. The number of thioether (sulfide) groups is 1. The summed E-state index contributed by atoms with van der Waals surface area (Å²) in [5, 5.41) is 0. The van der Waals surface area contributed by atoms with Gasteiger partial charge in [0, 0.05) is 16.5 Å². The predicted molar refractivity (Wildman–Crippen MR) is 56.8 cm³/mol. The van der Waals surface area contributed by atoms with E-state index in [1.54, 1.807) is 4.91 Å². The van der Waals surface area contributed by atoms with Crippen LogP contribution in [0.25, 0.3) is 0 Å². The van der Waals surface area contributed by atoms with Gasteiger partial charge in [0.05, 0.1) is 0 Å². The summed E-state index contributed by atoms with van der Waals surface area (Å²) in [6.45, 7) is 0. The minimum Gasteiger partial charge on any atom is -0.399 e. The van der Waals surface area contributed by atoms with E-state index in [-0.39, 0.29) is 0 Å². The van der Waals surface area contributed by atoms with E-state index in [2.05, 4.69) is 24.3 Å². The van der Waals surface area contributed by atoms with Crippen LogP contribution in [0.1, 0.15) is 12.8 Å². The number of fused-ring (bicyclic) bond motifs is 2. The monoisotopic (exact) mass is 189 g/mol. The van der Waals surface area contributed by atoms with E-state index in [0.717, 1.165) is 5.70 Å². The van der Waals surface area contributed by atoms with Gasteiger partial charge in [0.15, 0.2) is 0 Å². The van der Waals surface area contributed by atoms with Crippen LogP contribution in [0.2, 0.25) is 0 Å². The maximum absolute atomic E-state index is 5.77. The molecular formula is C11H11NS. The Bertz CT molecular complexity index is 385. The summed E-state index contributed by atoms with van der Waals surface area (Å²) in [4.78, 5) is 2.98. The lowest BCUT2D eigenvalue weighted by atomic mass is 9.95. The molecule has 2 aliphatic carbocycles. The van der Waals surface area contributed by atoms with Crippen LogP contribution in [0.4, 0.5) is 0 Å². The molecule has 1 unspecified atom stereocenters. The first kappa shape index (κ1) is 7.51. The van der Waals surface area contributed by atoms with Gasteiger partial charge in [0.2, 0.25) is 0 Å². The highest BCUT2D eigenvalue weighted by molar-refractivity contribution is 8.07. The van der Waals surface area contributed by atoms with Gasteiger partial charge < -0.3 is 5.73 Å². The summed E-state index contributed by atoms with van der Waals surface area (Å²) < 4.78 is 0. The van der Waals surface area contributed by atoms with Gasteiger partial charge in [0.25, 0.3) is 0 Å². The lowest BCUT2D eigenvalue weighted by molar-refractivity contribution is 0.936. The second kappa shape index (κ2) is 2.55. The first-order valence-electron chi connectivity index (χ1n) is 4.61. The van der Waals surface area contributed by atoms with Crippen LogP contribution < -0.4 is 5.73 Å². The van der Waals surface area contributed by atoms with Crippen molar-refractivity contribution in [1.82, 2.24) is 0 Å². The summed E-state index contributed by atoms with van der Waals surface area (Å²) in [5.41, 5.74) is 8.19. The topological polar surface area (TPSA) is 26.0 Å². The van der Waals surface area contributed by atoms with E-state index >= 15 is 0 Å². The number of rotatable bonds is 0. The van der Waals surface area contributed by atoms with E-state index in [1.165, 1.54) is 23.3 Å². The number of nitrogens with two attached hydrogens (primary N) is 1. The van der Waals surface area contributed by atoms with Crippen LogP contribution in [0.3, 0.4) is 0 Å². The number of hydrogen-bond donors (Lipinski definition) is 1. The highest BCUT2D eigenvalue weighted by Gasteiger charge is 2.31. The van der Waals surface area contributed by atoms with Crippen molar-refractivity contribution in [2.45, 2.75) is 12.8 Å². The fraction of sp³-hybridized carbons (Fsp3) is 0.273. The van der Waals surface area contributed by atoms with Crippen molar-refractivity contribution in [2.75, 3.05) is 0 Å². The van der Waals surface area contributed by atoms with Crippen molar-refractivity contribution in [3.8, 4) is 0 Å². The lowest BCUT2D eigenvalue weighted by Gasteiger charge is -2.08. The molecule has 0 aromatic heterocycles. The Kier molecular flexibility index (Phi) is 1.47. The molecule has 0 aromatic rings. The van der Waals surface area contributed by atoms with Gasteiger partial charge in [-0.25, -0.2) is 0 Å². The van der Waals surface area contributed by atoms with E-state index in [1.807, 2.05) is 11.8 Å². The third-order valence-corrected chi connectivity index (χ3v) is 4.00. The quantitative estimate of drug-likeness (QED) is 0.634. The predicted octanol–water partition coefficient (Wildman–Crippen LogP) is 2.69. The fourth-order valence-corrected chi connectivity index (χ4v) is 3.44. The molecule has 2 heteroatoms. The average molecular weight is 189 g/mol. The molecule has 2 N–H and O–H groups in total. The number of allylic oxidation sites excluding steroid dienone is 7. The minimum absolute atomic E-state index is 0.497. The van der Waals surface area contributed by atoms with Crippen molar-refractivity contribution < 1.29 is 0 Å². The molecule has 1 nitrogen and oxygen atoms in total. The minimum atomic E-state index is 0.497. The first-order chi connectivity index (χ1) is 6.34. The molecule has 3 aliphatic rings. The highest BCUT2D eigenvalue weighted by Crippen LogP contribution is 2.52. The fourth-order valence-electron chi connectivity index (χ4n) is 2.10. The first-order valence-corrected chi connectivity index (χ1v) is 5.42. The Labute approximate surface area is 82.1 Å². The van der Waals surface area contributed by atoms with Crippen molar-refractivity contribution in [2.24, 2.45) is 11.7 Å². The second-order valence-corrected chi connectivity index (χ2v) is 4.78. The van der Waals surface area contributed by atoms with E-state index in [0.29, 0.717) is 5.92 Å². The molecule has 0 saturated heterocycles. The Morgan fingerprint density at radius 2 is 2.38 bits per heavy atom. The SMILES string of the molecule is NC1=CC2C(=C1)SC1=C2C=CCC1. The van der Waals surface area contributed by atoms with Crippen molar-refractivity contribution in [1.29, 1.82) is 0 Å². The molecule has 1 aliphatic heterocycles. The molecule has 1 atom stereocenters. The Morgan fingerprint density at radius 3 is 3.31 bits per heavy atom. The molecule has 3 rings (SSSR count). The Hall–Kier alpha value is -0.890. The van der Waals surface area contributed by atoms with Gasteiger partial charge >= 0.3 is 0 Å². The van der Waals surface area contributed by atoms with Gasteiger partial charge in [-0.2, -0.15) is 0 Å². The molecule has 13 heavy (non-hydrogen) atoms. The van der Waals surface area contributed by atoms with Gasteiger partial charge in [0.1, 0.15) is 0 Å². The van der Waals surface area contributed by atoms with Gasteiger partial charge in [-0.05, 0) is 35.5 Å². The molecular weight excluding hydrogens is 178 g/mol. The smallest absolute Gasteiger partial charge is 0.0364 e. The molecule has 66 valence electrons. The van der Waals surface area contributed by atoms with E-state index in [4.69, 9.17) is 5.73 Å². The molecule has 0 amide bonds. The van der Waals surface area contributed by atoms with Gasteiger partial charge in [-0.3, -0.25) is 0 Å². The molecule has 0 radical (unpaired) electrons. The van der Waals surface area contributed by atoms with Crippen LogP contribution in [0.5, 0.6) is 0 Å². The van der Waals surface area contributed by atoms with Crippen LogP contribution in [-0.2, 0) is 0 Å². The van der Waals surface area contributed by atoms with Crippen LogP contribution in [0.15, 0.2) is 45.4 Å². The lowest BCUT2D eigenvalue weighted by Crippen LogP contribution is -1.96. The summed E-state index contributed by atoms with van der Waals surface area (Å²) in [6.07, 6.45) is 11.2. The third kappa shape index (κ3) is 1.02. The van der Waals surface area contributed by atoms with Crippen molar-refractivity contribution in [3.05, 3.63) is 45.4 Å². The maximum Gasteiger partial charge on any atom is 0.0364 e. The summed E-state index contributed by atoms with van der Waals surface area (Å²) in [6, 6.07) is 0. The Balaban J connectivity index is 2.05. The molecule has 0 fully saturated rings. The zero-order valence-corrected chi connectivity index (χ0v) is 8.10. The summed E-state index contributed by atoms with van der Waals surface area (Å²) >= 11 is 1.93. The second-order valence-electron chi connectivity index (χ2n) is 3.61. The Morgan fingerprint density at radius 1 is 1.46 bits per heavy atom. The average Bonchev–Trinajstić information content (AvgIpc) is 2.60.